The van der Waals surface area contributed by atoms with Crippen LogP contribution in [0, 0.1) is 41.4 Å². The predicted octanol–water partition coefficient (Wildman–Crippen LogP) is 2.63. The summed E-state index contributed by atoms with van der Waals surface area (Å²) in [5.41, 5.74) is 21.8. The molecule has 112 heavy (non-hydrogen) atoms. The molecule has 14 amide bonds. The molecule has 0 radical (unpaired) electrons. The van der Waals surface area contributed by atoms with Crippen LogP contribution in [-0.2, 0) is 76.7 Å². The molecule has 33 nitrogen and oxygen atoms in total. The summed E-state index contributed by atoms with van der Waals surface area (Å²) in [6.45, 7) is 30.8. The molecular weight excluding hydrogens is 1460 g/mol. The first kappa shape index (κ1) is 103. The number of rotatable bonds is 52. The Morgan fingerprint density at radius 2 is 0.964 bits per heavy atom. The van der Waals surface area contributed by atoms with E-state index in [4.69, 9.17) is 27.7 Å². The summed E-state index contributed by atoms with van der Waals surface area (Å²) in [7, 11) is 9.97. The highest BCUT2D eigenvalue weighted by atomic mass is 32.2. The Morgan fingerprint density at radius 1 is 0.482 bits per heavy atom. The number of likely N-dealkylation sites (N-methyl/N-ethyl adjacent to an activating group) is 7. The van der Waals surface area contributed by atoms with E-state index < -0.39 is 180 Å². The first-order valence-electron chi connectivity index (χ1n) is 39.3. The average Bonchev–Trinajstić information content (AvgIpc) is 0.793. The average molecular weight is 1610 g/mol. The second kappa shape index (κ2) is 51.2. The lowest BCUT2D eigenvalue weighted by Crippen LogP contribution is -2.64. The fourth-order valence-electron chi connectivity index (χ4n) is 12.8. The van der Waals surface area contributed by atoms with Crippen LogP contribution in [0.4, 0.5) is 0 Å². The molecule has 0 heterocycles. The molecule has 0 spiro atoms. The van der Waals surface area contributed by atoms with Crippen LogP contribution in [0.1, 0.15) is 202 Å². The van der Waals surface area contributed by atoms with Gasteiger partial charge < -0.3 is 88.6 Å². The number of ether oxygens (including phenoxy) is 1. The molecule has 13 N–H and O–H groups in total. The van der Waals surface area contributed by atoms with Gasteiger partial charge in [0.1, 0.15) is 72.6 Å². The number of nitrogens with zero attached hydrogens (tertiary/aromatic N) is 8. The van der Waals surface area contributed by atoms with E-state index in [1.165, 1.54) is 92.4 Å². The zero-order chi connectivity index (χ0) is 86.6. The summed E-state index contributed by atoms with van der Waals surface area (Å²) in [5.74, 6) is -12.1. The van der Waals surface area contributed by atoms with Gasteiger partial charge in [-0.05, 0) is 125 Å². The van der Waals surface area contributed by atoms with Gasteiger partial charge in [-0.15, -0.1) is 0 Å². The van der Waals surface area contributed by atoms with Crippen molar-refractivity contribution >= 4 is 106 Å². The molecule has 13 atom stereocenters. The second-order valence-corrected chi connectivity index (χ2v) is 33.0. The van der Waals surface area contributed by atoms with E-state index in [-0.39, 0.29) is 106 Å². The number of thioether (sulfide) groups is 1. The number of nitrogens with two attached hydrogens (primary N) is 4. The van der Waals surface area contributed by atoms with Crippen LogP contribution in [0.15, 0.2) is 17.1 Å². The monoisotopic (exact) mass is 1600 g/mol. The number of carbonyl (C=O) groups is 15. The summed E-state index contributed by atoms with van der Waals surface area (Å²) in [4.78, 5) is 223. The highest BCUT2D eigenvalue weighted by Gasteiger charge is 2.47. The zero-order valence-corrected chi connectivity index (χ0v) is 72.6. The van der Waals surface area contributed by atoms with E-state index in [0.29, 0.717) is 25.0 Å². The lowest BCUT2D eigenvalue weighted by Gasteiger charge is -2.42. The number of carbonyl (C=O) groups excluding carboxylic acids is 15. The van der Waals surface area contributed by atoms with Gasteiger partial charge in [0.15, 0.2) is 5.96 Å². The molecule has 640 valence electrons. The lowest BCUT2D eigenvalue weighted by atomic mass is 9.91. The second-order valence-electron chi connectivity index (χ2n) is 31.8. The summed E-state index contributed by atoms with van der Waals surface area (Å²) in [6, 6.07) is -13.2. The van der Waals surface area contributed by atoms with Crippen LogP contribution < -0.4 is 49.5 Å². The molecule has 0 rings (SSSR count). The molecule has 0 bridgehead atoms. The number of esters is 1. The number of allylic oxidation sites excluding steroid dienone is 2. The van der Waals surface area contributed by atoms with Crippen LogP contribution in [-0.4, -0.2) is 275 Å². The van der Waals surface area contributed by atoms with Gasteiger partial charge in [-0.2, -0.15) is 11.8 Å². The largest absolute Gasteiger partial charge is 0.459 e. The number of guanidine groups is 1. The zero-order valence-electron chi connectivity index (χ0n) is 71.8. The normalized spacial score (nSPS) is 15.0. The minimum Gasteiger partial charge on any atom is -0.459 e. The number of unbranched alkanes of at least 4 members (excludes halogenated alkanes) is 1. The molecule has 0 aliphatic carbocycles. The topological polar surface area (TPSA) is 465 Å². The van der Waals surface area contributed by atoms with Gasteiger partial charge in [-0.25, -0.2) is 0 Å². The Kier molecular flexibility index (Phi) is 47.3. The van der Waals surface area contributed by atoms with Crippen molar-refractivity contribution in [3.05, 3.63) is 12.2 Å². The summed E-state index contributed by atoms with van der Waals surface area (Å²) in [6.07, 6.45) is 3.92. The summed E-state index contributed by atoms with van der Waals surface area (Å²) < 4.78 is 6.38. The molecule has 0 fully saturated rings. The van der Waals surface area contributed by atoms with E-state index in [9.17, 15) is 57.5 Å². The van der Waals surface area contributed by atoms with Crippen molar-refractivity contribution in [3.8, 4) is 0 Å². The SMILES string of the molecule is CC=CC[C@@H](C)[C@@H](OC(=O)CCCCSC[C@@H](NC(C)=O)C(=O)N[C@H](CCCN=C(N)N)C(N)=O)[C@@H](C(=O)N[C@@H](CC)C(=O)N(C)CC(=O)N(C)[C@@H](CC(C)C)C(=O)N[C@H](C(=O)N(C)[C@@H](CC(C)C)C(=O)N[C@@H](C)C(N)=O)C(C)C)N(C)C(=O)[C@H](C(C)C)N(C)C(=O)[C@H](CC(C)C)N(C)C(=O)[C@H](CC(C)C)N(C)C(=O)CC. The lowest BCUT2D eigenvalue weighted by molar-refractivity contribution is -0.165. The minimum absolute atomic E-state index is 0.0243. The number of hydrogen-bond donors (Lipinski definition) is 9. The maximum absolute atomic E-state index is 15.8. The fourth-order valence-corrected chi connectivity index (χ4v) is 13.8. The third-order valence-electron chi connectivity index (χ3n) is 19.5. The van der Waals surface area contributed by atoms with Crippen molar-refractivity contribution < 1.29 is 76.7 Å². The van der Waals surface area contributed by atoms with E-state index in [2.05, 4.69) is 31.6 Å². The Labute approximate surface area is 670 Å². The highest BCUT2D eigenvalue weighted by Crippen LogP contribution is 2.28. The van der Waals surface area contributed by atoms with Crippen molar-refractivity contribution in [3.63, 3.8) is 0 Å². The van der Waals surface area contributed by atoms with Crippen molar-refractivity contribution in [1.29, 1.82) is 0 Å². The predicted molar refractivity (Wildman–Crippen MR) is 434 cm³/mol. The standard InChI is InChI=1S/C78H141N17O16S/c1-26-29-33-50(16)66(111-62(99)35-30-31-37-112-43-55(85-52(18)96)69(102)87-54(68(80)101)34-32-36-83-78(81)82)65(95(25)77(110)64(49(14)15)94(24)75(108)59(41-47(10)11)93(23)74(107)58(40-46(8)9)91(21)60(97)28-3)72(105)86-53(27-2)73(106)89(19)42-61(98)90(20)56(38-44(4)5)71(104)88-63(48(12)13)76(109)92(22)57(39-45(6)7)70(103)84-51(17)67(79)100/h26,29,44-51,53-59,63-66H,27-28,30-43H2,1-25H3,(H2,79,100)(H2,80,101)(H,84,103)(H,85,96)(H,86,105)(H,87,102)(H,88,104)(H4,81,82,83)/t50-,51+,53+,54-,55-,56+,57+,58+,59+,63+,64+,65+,66-/m1/s1. The van der Waals surface area contributed by atoms with Gasteiger partial charge >= 0.3 is 5.97 Å². The third-order valence-corrected chi connectivity index (χ3v) is 20.6. The smallest absolute Gasteiger partial charge is 0.306 e. The molecule has 0 aromatic heterocycles. The molecule has 0 aliphatic heterocycles. The van der Waals surface area contributed by atoms with Gasteiger partial charge in [-0.3, -0.25) is 76.9 Å². The summed E-state index contributed by atoms with van der Waals surface area (Å²) >= 11 is 1.28. The van der Waals surface area contributed by atoms with E-state index >= 15 is 14.4 Å². The number of nitrogens with one attached hydrogen (secondary N) is 5. The number of primary amides is 2. The van der Waals surface area contributed by atoms with Crippen molar-refractivity contribution in [2.24, 2.45) is 69.4 Å². The van der Waals surface area contributed by atoms with Crippen LogP contribution in [0.2, 0.25) is 0 Å². The van der Waals surface area contributed by atoms with Gasteiger partial charge in [0.2, 0.25) is 82.7 Å². The van der Waals surface area contributed by atoms with Crippen molar-refractivity contribution in [2.45, 2.75) is 274 Å². The van der Waals surface area contributed by atoms with E-state index in [1.54, 1.807) is 74.6 Å². The minimum atomic E-state index is -1.74. The number of aliphatic imine (C=N–C) groups is 1. The fraction of sp³-hybridized carbons (Fsp3) is 0.769. The van der Waals surface area contributed by atoms with Gasteiger partial charge in [0.05, 0.1) is 6.54 Å². The molecule has 0 saturated heterocycles. The number of amides is 14. The first-order valence-corrected chi connectivity index (χ1v) is 40.5. The van der Waals surface area contributed by atoms with Gasteiger partial charge in [0.25, 0.3) is 0 Å². The summed E-state index contributed by atoms with van der Waals surface area (Å²) in [5, 5.41) is 13.4. The van der Waals surface area contributed by atoms with Crippen LogP contribution >= 0.6 is 11.8 Å². The molecule has 0 aromatic rings. The highest BCUT2D eigenvalue weighted by molar-refractivity contribution is 7.99. The molecule has 0 aliphatic rings. The van der Waals surface area contributed by atoms with Gasteiger partial charge in [-0.1, -0.05) is 116 Å². The Hall–Kier alpha value is -8.59. The Bertz CT molecular complexity index is 3180. The maximum atomic E-state index is 15.8. The Balaban J connectivity index is 7.91. The first-order chi connectivity index (χ1) is 52.0. The molecule has 0 aromatic carbocycles. The quantitative estimate of drug-likeness (QED) is 0.0139. The maximum Gasteiger partial charge on any atom is 0.306 e. The van der Waals surface area contributed by atoms with Gasteiger partial charge in [0, 0.05) is 81.4 Å². The van der Waals surface area contributed by atoms with Crippen LogP contribution in [0.5, 0.6) is 0 Å². The molecule has 34 heteroatoms. The molecule has 0 saturated carbocycles. The Morgan fingerprint density at radius 3 is 1.44 bits per heavy atom. The van der Waals surface area contributed by atoms with E-state index in [1.807, 2.05) is 55.4 Å². The molecule has 0 unspecified atom stereocenters. The molecular formula is C78H141N17O16S. The van der Waals surface area contributed by atoms with Crippen molar-refractivity contribution in [1.82, 2.24) is 60.9 Å². The third kappa shape index (κ3) is 34.8. The van der Waals surface area contributed by atoms with Crippen LogP contribution in [0.3, 0.4) is 0 Å². The van der Waals surface area contributed by atoms with Crippen molar-refractivity contribution in [2.75, 3.05) is 73.9 Å². The number of hydrogen-bond acceptors (Lipinski definition) is 18. The van der Waals surface area contributed by atoms with Crippen LogP contribution in [0.25, 0.3) is 0 Å². The van der Waals surface area contributed by atoms with E-state index in [0.717, 1.165) is 9.80 Å².